The van der Waals surface area contributed by atoms with Gasteiger partial charge in [0.05, 0.1) is 13.2 Å². The number of nitrogens with zero attached hydrogens (tertiary/aromatic N) is 2. The van der Waals surface area contributed by atoms with Crippen LogP contribution in [0.2, 0.25) is 0 Å². The first-order chi connectivity index (χ1) is 15.0. The number of rotatable bonds is 11. The van der Waals surface area contributed by atoms with Gasteiger partial charge in [0, 0.05) is 29.7 Å². The quantitative estimate of drug-likeness (QED) is 0.337. The van der Waals surface area contributed by atoms with Crippen molar-refractivity contribution >= 4 is 35.6 Å². The Morgan fingerprint density at radius 3 is 1.47 bits per heavy atom. The van der Waals surface area contributed by atoms with Gasteiger partial charge in [-0.1, -0.05) is 26.7 Å². The second-order valence-electron chi connectivity index (χ2n) is 8.24. The average molecular weight is 448 g/mol. The lowest BCUT2D eigenvalue weighted by atomic mass is 9.86. The lowest BCUT2D eigenvalue weighted by Gasteiger charge is -2.31. The van der Waals surface area contributed by atoms with Crippen molar-refractivity contribution < 1.29 is 38.2 Å². The van der Waals surface area contributed by atoms with Crippen molar-refractivity contribution in [3.05, 3.63) is 24.3 Å². The molecule has 0 fully saturated rings. The van der Waals surface area contributed by atoms with E-state index in [9.17, 15) is 28.8 Å². The molecular formula is C22H28N2O8. The van der Waals surface area contributed by atoms with Crippen LogP contribution < -0.4 is 0 Å². The molecule has 2 heterocycles. The Bertz CT molecular complexity index is 775. The monoisotopic (exact) mass is 448 g/mol. The Balaban J connectivity index is 1.96. The zero-order valence-electron chi connectivity index (χ0n) is 18.7. The molecule has 0 saturated carbocycles. The fourth-order valence-electron chi connectivity index (χ4n) is 3.32. The van der Waals surface area contributed by atoms with Crippen molar-refractivity contribution in [2.24, 2.45) is 5.41 Å². The molecule has 32 heavy (non-hydrogen) atoms. The average Bonchev–Trinajstić information content (AvgIpc) is 3.27. The fraction of sp³-hybridized carbons (Fsp3) is 0.545. The summed E-state index contributed by atoms with van der Waals surface area (Å²) in [5.41, 5.74) is -0.741. The number of amides is 4. The first-order valence-electron chi connectivity index (χ1n) is 10.4. The molecule has 10 nitrogen and oxygen atoms in total. The molecule has 2 aliphatic heterocycles. The Kier molecular flexibility index (Phi) is 8.07. The van der Waals surface area contributed by atoms with Gasteiger partial charge in [-0.25, -0.2) is 9.59 Å². The predicted molar refractivity (Wildman–Crippen MR) is 110 cm³/mol. The van der Waals surface area contributed by atoms with E-state index in [1.165, 1.54) is 13.8 Å². The van der Waals surface area contributed by atoms with Gasteiger partial charge >= 0.3 is 11.9 Å². The maximum atomic E-state index is 12.4. The van der Waals surface area contributed by atoms with Crippen molar-refractivity contribution in [2.75, 3.05) is 13.2 Å². The molecule has 0 saturated heterocycles. The number of hydrogen-bond acceptors (Lipinski definition) is 8. The Morgan fingerprint density at radius 1 is 0.812 bits per heavy atom. The van der Waals surface area contributed by atoms with E-state index >= 15 is 0 Å². The first-order valence-corrected chi connectivity index (χ1v) is 10.4. The molecule has 10 heteroatoms. The highest BCUT2D eigenvalue weighted by atomic mass is 16.6. The summed E-state index contributed by atoms with van der Waals surface area (Å²) in [7, 11) is 0. The Morgan fingerprint density at radius 2 is 1.16 bits per heavy atom. The standard InChI is InChI=1S/C22H28N2O8/c1-5-6-11-22(4,12-31-20(29)14(2)23-16(25)7-8-17(23)26)13-32-21(30)15(3)24-18(27)9-10-19(24)28/h7-10,14-15H,5-6,11-13H2,1-4H3. The number of hydrogen-bond donors (Lipinski definition) is 0. The number of imide groups is 2. The Hall–Kier alpha value is -3.30. The normalized spacial score (nSPS) is 19.4. The van der Waals surface area contributed by atoms with Crippen molar-refractivity contribution in [2.45, 2.75) is 59.0 Å². The van der Waals surface area contributed by atoms with Gasteiger partial charge in [0.1, 0.15) is 12.1 Å². The molecule has 4 amide bonds. The van der Waals surface area contributed by atoms with Crippen LogP contribution >= 0.6 is 0 Å². The van der Waals surface area contributed by atoms with Crippen LogP contribution in [0.5, 0.6) is 0 Å². The van der Waals surface area contributed by atoms with Crippen LogP contribution in [0, 0.1) is 5.41 Å². The molecule has 0 N–H and O–H groups in total. The minimum atomic E-state index is -1.09. The molecule has 0 spiro atoms. The number of carbonyl (C=O) groups is 6. The second kappa shape index (κ2) is 10.3. The summed E-state index contributed by atoms with van der Waals surface area (Å²) in [5.74, 6) is -3.85. The lowest BCUT2D eigenvalue weighted by Crippen LogP contribution is -2.46. The van der Waals surface area contributed by atoms with Crippen LogP contribution in [0.4, 0.5) is 0 Å². The van der Waals surface area contributed by atoms with Crippen LogP contribution in [-0.2, 0) is 38.2 Å². The van der Waals surface area contributed by atoms with Gasteiger partial charge in [-0.3, -0.25) is 29.0 Å². The smallest absolute Gasteiger partial charge is 0.329 e. The second-order valence-corrected chi connectivity index (χ2v) is 8.24. The van der Waals surface area contributed by atoms with Crippen LogP contribution in [0.25, 0.3) is 0 Å². The van der Waals surface area contributed by atoms with E-state index in [0.717, 1.165) is 46.9 Å². The molecule has 0 radical (unpaired) electrons. The lowest BCUT2D eigenvalue weighted by molar-refractivity contribution is -0.165. The maximum Gasteiger partial charge on any atom is 0.329 e. The third-order valence-corrected chi connectivity index (χ3v) is 5.40. The van der Waals surface area contributed by atoms with Gasteiger partial charge in [0.2, 0.25) is 0 Å². The summed E-state index contributed by atoms with van der Waals surface area (Å²) >= 11 is 0. The van der Waals surface area contributed by atoms with E-state index in [2.05, 4.69) is 0 Å². The Labute approximate surface area is 186 Å². The number of unbranched alkanes of at least 4 members (excludes halogenated alkanes) is 1. The van der Waals surface area contributed by atoms with Crippen molar-refractivity contribution in [3.63, 3.8) is 0 Å². The molecule has 174 valence electrons. The minimum Gasteiger partial charge on any atom is -0.463 e. The molecule has 0 aliphatic carbocycles. The third kappa shape index (κ3) is 5.68. The van der Waals surface area contributed by atoms with E-state index in [-0.39, 0.29) is 13.2 Å². The van der Waals surface area contributed by atoms with Crippen LogP contribution in [0.3, 0.4) is 0 Å². The van der Waals surface area contributed by atoms with Crippen LogP contribution in [0.1, 0.15) is 47.0 Å². The highest BCUT2D eigenvalue weighted by Crippen LogP contribution is 2.26. The topological polar surface area (TPSA) is 127 Å². The van der Waals surface area contributed by atoms with E-state index in [1.807, 2.05) is 6.92 Å². The highest BCUT2D eigenvalue weighted by Gasteiger charge is 2.37. The molecule has 2 aliphatic rings. The number of ether oxygens (including phenoxy) is 2. The summed E-state index contributed by atoms with van der Waals surface area (Å²) < 4.78 is 10.7. The number of esters is 2. The molecule has 0 aromatic heterocycles. The van der Waals surface area contributed by atoms with Gasteiger partial charge in [0.15, 0.2) is 0 Å². The largest absolute Gasteiger partial charge is 0.463 e. The summed E-state index contributed by atoms with van der Waals surface area (Å²) in [6, 6.07) is -2.19. The zero-order valence-corrected chi connectivity index (χ0v) is 18.7. The van der Waals surface area contributed by atoms with Crippen LogP contribution in [0.15, 0.2) is 24.3 Å². The van der Waals surface area contributed by atoms with Gasteiger partial charge in [-0.15, -0.1) is 0 Å². The number of carbonyl (C=O) groups excluding carboxylic acids is 6. The molecular weight excluding hydrogens is 420 g/mol. The minimum absolute atomic E-state index is 0.107. The molecule has 2 atom stereocenters. The molecule has 0 aromatic carbocycles. The molecule has 2 rings (SSSR count). The SMILES string of the molecule is CCCCC(C)(COC(=O)C(C)N1C(=O)C=CC1=O)COC(=O)C(C)N1C(=O)C=CC1=O. The van der Waals surface area contributed by atoms with Crippen LogP contribution in [-0.4, -0.2) is 70.7 Å². The highest BCUT2D eigenvalue weighted by molar-refractivity contribution is 6.15. The van der Waals surface area contributed by atoms with E-state index in [0.29, 0.717) is 6.42 Å². The first kappa shape index (κ1) is 25.0. The van der Waals surface area contributed by atoms with Gasteiger partial charge in [-0.05, 0) is 20.3 Å². The van der Waals surface area contributed by atoms with Gasteiger partial charge in [-0.2, -0.15) is 0 Å². The molecule has 0 aromatic rings. The molecule has 0 bridgehead atoms. The van der Waals surface area contributed by atoms with E-state index in [1.54, 1.807) is 6.92 Å². The summed E-state index contributed by atoms with van der Waals surface area (Å²) in [6.07, 6.45) is 6.55. The van der Waals surface area contributed by atoms with Crippen molar-refractivity contribution in [1.29, 1.82) is 0 Å². The van der Waals surface area contributed by atoms with Crippen molar-refractivity contribution in [3.8, 4) is 0 Å². The van der Waals surface area contributed by atoms with E-state index < -0.39 is 53.1 Å². The van der Waals surface area contributed by atoms with E-state index in [4.69, 9.17) is 9.47 Å². The van der Waals surface area contributed by atoms with Gasteiger partial charge in [0.25, 0.3) is 23.6 Å². The fourth-order valence-corrected chi connectivity index (χ4v) is 3.32. The summed E-state index contributed by atoms with van der Waals surface area (Å²) in [5, 5.41) is 0. The maximum absolute atomic E-state index is 12.4. The predicted octanol–water partition coefficient (Wildman–Crippen LogP) is 0.896. The van der Waals surface area contributed by atoms with Gasteiger partial charge < -0.3 is 9.47 Å². The summed E-state index contributed by atoms with van der Waals surface area (Å²) in [4.78, 5) is 73.6. The molecule has 2 unspecified atom stereocenters. The third-order valence-electron chi connectivity index (χ3n) is 5.40. The zero-order chi connectivity index (χ0) is 24.1. The van der Waals surface area contributed by atoms with Crippen molar-refractivity contribution in [1.82, 2.24) is 9.80 Å². The summed E-state index contributed by atoms with van der Waals surface area (Å²) in [6.45, 7) is 6.34.